The van der Waals surface area contributed by atoms with E-state index < -0.39 is 11.9 Å². The van der Waals surface area contributed by atoms with Crippen molar-refractivity contribution in [1.29, 1.82) is 0 Å². The van der Waals surface area contributed by atoms with Crippen molar-refractivity contribution in [2.75, 3.05) is 7.11 Å². The van der Waals surface area contributed by atoms with Gasteiger partial charge in [-0.3, -0.25) is 4.79 Å². The maximum Gasteiger partial charge on any atom is 0.315 e. The molecule has 1 atom stereocenters. The first-order chi connectivity index (χ1) is 11.3. The Labute approximate surface area is 143 Å². The van der Waals surface area contributed by atoms with Crippen molar-refractivity contribution in [3.63, 3.8) is 0 Å². The minimum atomic E-state index is -0.558. The van der Waals surface area contributed by atoms with Crippen LogP contribution in [0.1, 0.15) is 103 Å². The number of hydrogen-bond acceptors (Lipinski definition) is 3. The lowest BCUT2D eigenvalue weighted by Crippen LogP contribution is -2.17. The maximum absolute atomic E-state index is 11.3. The number of hydrogen-bond donors (Lipinski definition) is 0. The molecule has 0 spiro atoms. The molecule has 1 unspecified atom stereocenters. The van der Waals surface area contributed by atoms with Crippen LogP contribution >= 0.6 is 0 Å². The molecule has 0 aromatic heterocycles. The van der Waals surface area contributed by atoms with Gasteiger partial charge in [0.25, 0.3) is 0 Å². The average Bonchev–Trinajstić information content (AvgIpc) is 2.58. The molecule has 0 saturated carbocycles. The van der Waals surface area contributed by atoms with Gasteiger partial charge in [0, 0.05) is 0 Å². The third kappa shape index (κ3) is 14.5. The Kier molecular flexibility index (Phi) is 16.8. The second kappa shape index (κ2) is 17.5. The summed E-state index contributed by atoms with van der Waals surface area (Å²) < 4.78 is 4.60. The van der Waals surface area contributed by atoms with E-state index in [9.17, 15) is 9.59 Å². The summed E-state index contributed by atoms with van der Waals surface area (Å²) in [5.74, 6) is -0.952. The normalized spacial score (nSPS) is 12.1. The van der Waals surface area contributed by atoms with Crippen LogP contribution in [-0.2, 0) is 14.3 Å². The molecule has 3 nitrogen and oxygen atoms in total. The fourth-order valence-electron chi connectivity index (χ4n) is 2.95. The quantitative estimate of drug-likeness (QED) is 0.146. The van der Waals surface area contributed by atoms with Crippen molar-refractivity contribution in [3.05, 3.63) is 0 Å². The Balaban J connectivity index is 3.21. The van der Waals surface area contributed by atoms with Crippen molar-refractivity contribution in [3.8, 4) is 0 Å². The number of aldehydes is 1. The summed E-state index contributed by atoms with van der Waals surface area (Å²) in [6.07, 6.45) is 19.7. The van der Waals surface area contributed by atoms with Crippen molar-refractivity contribution in [2.45, 2.75) is 103 Å². The molecule has 0 aromatic carbocycles. The Bertz CT molecular complexity index is 276. The van der Waals surface area contributed by atoms with Gasteiger partial charge in [0.15, 0.2) is 0 Å². The van der Waals surface area contributed by atoms with Crippen molar-refractivity contribution < 1.29 is 14.3 Å². The molecule has 0 aliphatic rings. The molecule has 23 heavy (non-hydrogen) atoms. The highest BCUT2D eigenvalue weighted by Crippen LogP contribution is 2.14. The smallest absolute Gasteiger partial charge is 0.315 e. The minimum Gasteiger partial charge on any atom is -0.468 e. The maximum atomic E-state index is 11.3. The van der Waals surface area contributed by atoms with Gasteiger partial charge in [-0.05, 0) is 6.42 Å². The Morgan fingerprint density at radius 2 is 1.17 bits per heavy atom. The van der Waals surface area contributed by atoms with Crippen LogP contribution in [0.5, 0.6) is 0 Å². The SMILES string of the molecule is CCCCCCCCCCCCCCCCC(C=O)C(=O)OC. The van der Waals surface area contributed by atoms with Gasteiger partial charge in [-0.1, -0.05) is 96.8 Å². The summed E-state index contributed by atoms with van der Waals surface area (Å²) in [7, 11) is 1.34. The fraction of sp³-hybridized carbons (Fsp3) is 0.900. The van der Waals surface area contributed by atoms with E-state index in [4.69, 9.17) is 0 Å². The van der Waals surface area contributed by atoms with E-state index >= 15 is 0 Å². The lowest BCUT2D eigenvalue weighted by atomic mass is 10.0. The van der Waals surface area contributed by atoms with Crippen LogP contribution in [0.25, 0.3) is 0 Å². The zero-order valence-electron chi connectivity index (χ0n) is 15.5. The molecule has 0 amide bonds. The number of unbranched alkanes of at least 4 members (excludes halogenated alkanes) is 13. The molecule has 0 saturated heterocycles. The molecule has 0 heterocycles. The number of carbonyl (C=O) groups is 2. The zero-order chi connectivity index (χ0) is 17.2. The second-order valence-electron chi connectivity index (χ2n) is 6.65. The Morgan fingerprint density at radius 3 is 1.52 bits per heavy atom. The van der Waals surface area contributed by atoms with E-state index in [1.54, 1.807) is 0 Å². The molecule has 0 fully saturated rings. The summed E-state index contributed by atoms with van der Waals surface area (Å²) >= 11 is 0. The van der Waals surface area contributed by atoms with Gasteiger partial charge in [0.1, 0.15) is 12.2 Å². The number of esters is 1. The summed E-state index contributed by atoms with van der Waals surface area (Å²) in [6.45, 7) is 2.26. The van der Waals surface area contributed by atoms with E-state index in [1.165, 1.54) is 84.2 Å². The highest BCUT2D eigenvalue weighted by molar-refractivity contribution is 5.87. The van der Waals surface area contributed by atoms with Crippen LogP contribution in [-0.4, -0.2) is 19.4 Å². The van der Waals surface area contributed by atoms with Gasteiger partial charge in [-0.2, -0.15) is 0 Å². The topological polar surface area (TPSA) is 43.4 Å². The number of methoxy groups -OCH3 is 1. The first-order valence-electron chi connectivity index (χ1n) is 9.79. The Hall–Kier alpha value is -0.860. The largest absolute Gasteiger partial charge is 0.468 e. The molecule has 0 radical (unpaired) electrons. The van der Waals surface area contributed by atoms with E-state index in [-0.39, 0.29) is 0 Å². The molecular weight excluding hydrogens is 288 g/mol. The number of ether oxygens (including phenoxy) is 1. The van der Waals surface area contributed by atoms with Crippen LogP contribution in [0.4, 0.5) is 0 Å². The Morgan fingerprint density at radius 1 is 0.783 bits per heavy atom. The third-order valence-electron chi connectivity index (χ3n) is 4.54. The lowest BCUT2D eigenvalue weighted by molar-refractivity contribution is -0.147. The molecule has 0 N–H and O–H groups in total. The first-order valence-corrected chi connectivity index (χ1v) is 9.79. The van der Waals surface area contributed by atoms with Gasteiger partial charge in [-0.25, -0.2) is 0 Å². The lowest BCUT2D eigenvalue weighted by Gasteiger charge is -2.07. The van der Waals surface area contributed by atoms with Crippen LogP contribution in [0.15, 0.2) is 0 Å². The summed E-state index contributed by atoms with van der Waals surface area (Å²) in [5, 5.41) is 0. The highest BCUT2D eigenvalue weighted by Gasteiger charge is 2.16. The average molecular weight is 327 g/mol. The molecule has 0 aliphatic carbocycles. The predicted octanol–water partition coefficient (Wildman–Crippen LogP) is 5.85. The number of rotatable bonds is 17. The molecule has 0 aromatic rings. The predicted molar refractivity (Wildman–Crippen MR) is 96.5 cm³/mol. The summed E-state index contributed by atoms with van der Waals surface area (Å²) in [4.78, 5) is 22.0. The standard InChI is InChI=1S/C20H38O3/c1-3-4-5-6-7-8-9-10-11-12-13-14-15-16-17-19(18-21)20(22)23-2/h18-19H,3-17H2,1-2H3. The van der Waals surface area contributed by atoms with Gasteiger partial charge >= 0.3 is 5.97 Å². The van der Waals surface area contributed by atoms with E-state index in [2.05, 4.69) is 11.7 Å². The van der Waals surface area contributed by atoms with Crippen molar-refractivity contribution in [1.82, 2.24) is 0 Å². The van der Waals surface area contributed by atoms with E-state index in [0.717, 1.165) is 12.8 Å². The van der Waals surface area contributed by atoms with Gasteiger partial charge in [0.2, 0.25) is 0 Å². The first kappa shape index (κ1) is 22.1. The van der Waals surface area contributed by atoms with Gasteiger partial charge < -0.3 is 9.53 Å². The van der Waals surface area contributed by atoms with Crippen LogP contribution < -0.4 is 0 Å². The van der Waals surface area contributed by atoms with E-state index in [1.807, 2.05) is 0 Å². The second-order valence-corrected chi connectivity index (χ2v) is 6.65. The van der Waals surface area contributed by atoms with Crippen LogP contribution in [0, 0.1) is 5.92 Å². The van der Waals surface area contributed by atoms with Gasteiger partial charge in [-0.15, -0.1) is 0 Å². The molecule has 3 heteroatoms. The van der Waals surface area contributed by atoms with Crippen LogP contribution in [0.2, 0.25) is 0 Å². The molecule has 136 valence electrons. The zero-order valence-corrected chi connectivity index (χ0v) is 15.5. The molecule has 0 aliphatic heterocycles. The van der Waals surface area contributed by atoms with Gasteiger partial charge in [0.05, 0.1) is 7.11 Å². The van der Waals surface area contributed by atoms with E-state index in [0.29, 0.717) is 12.7 Å². The van der Waals surface area contributed by atoms with Crippen molar-refractivity contribution in [2.24, 2.45) is 5.92 Å². The molecule has 0 bridgehead atoms. The highest BCUT2D eigenvalue weighted by atomic mass is 16.5. The summed E-state index contributed by atoms with van der Waals surface area (Å²) in [5.41, 5.74) is 0. The summed E-state index contributed by atoms with van der Waals surface area (Å²) in [6, 6.07) is 0. The van der Waals surface area contributed by atoms with Crippen LogP contribution in [0.3, 0.4) is 0 Å². The van der Waals surface area contributed by atoms with Crippen molar-refractivity contribution >= 4 is 12.3 Å². The monoisotopic (exact) mass is 326 g/mol. The molecule has 0 rings (SSSR count). The minimum absolute atomic E-state index is 0.394. The third-order valence-corrected chi connectivity index (χ3v) is 4.54. The fourth-order valence-corrected chi connectivity index (χ4v) is 2.95. The molecular formula is C20H38O3. The number of carbonyl (C=O) groups excluding carboxylic acids is 2.